The number of benzene rings is 1. The van der Waals surface area contributed by atoms with Gasteiger partial charge in [0.1, 0.15) is 5.82 Å². The third-order valence-electron chi connectivity index (χ3n) is 3.71. The quantitative estimate of drug-likeness (QED) is 0.861. The molecule has 0 unspecified atom stereocenters. The van der Waals surface area contributed by atoms with Gasteiger partial charge in [0.2, 0.25) is 0 Å². The Kier molecular flexibility index (Phi) is 3.06. The van der Waals surface area contributed by atoms with Gasteiger partial charge < -0.3 is 15.0 Å². The number of fused-ring (bicyclic) bond motifs is 1. The Morgan fingerprint density at radius 3 is 2.89 bits per heavy atom. The Balaban J connectivity index is 1.78. The van der Waals surface area contributed by atoms with E-state index in [1.165, 1.54) is 5.52 Å². The zero-order chi connectivity index (χ0) is 12.5. The maximum Gasteiger partial charge on any atom is 0.123 e. The molecule has 0 atom stereocenters. The van der Waals surface area contributed by atoms with E-state index in [4.69, 9.17) is 0 Å². The molecular weight excluding hydrogens is 226 g/mol. The summed E-state index contributed by atoms with van der Waals surface area (Å²) >= 11 is 0. The summed E-state index contributed by atoms with van der Waals surface area (Å²) in [6.07, 6.45) is 1.63. The second-order valence-electron chi connectivity index (χ2n) is 4.96. The van der Waals surface area contributed by atoms with Crippen molar-refractivity contribution in [1.82, 2.24) is 14.9 Å². The second kappa shape index (κ2) is 4.71. The maximum absolute atomic E-state index is 9.27. The molecule has 0 aliphatic heterocycles. The molecule has 18 heavy (non-hydrogen) atoms. The molecule has 1 heterocycles. The van der Waals surface area contributed by atoms with E-state index in [0.29, 0.717) is 6.04 Å². The van der Waals surface area contributed by atoms with Crippen LogP contribution in [0.5, 0.6) is 0 Å². The Morgan fingerprint density at radius 2 is 2.17 bits per heavy atom. The molecule has 1 aromatic heterocycles. The van der Waals surface area contributed by atoms with Crippen LogP contribution in [-0.4, -0.2) is 26.8 Å². The fourth-order valence-electron chi connectivity index (χ4n) is 2.60. The SMILES string of the molecule is CCn1c(CNC2CC(O)C2)nc2ccccc21. The van der Waals surface area contributed by atoms with Crippen LogP contribution < -0.4 is 5.32 Å². The van der Waals surface area contributed by atoms with Gasteiger partial charge in [-0.15, -0.1) is 0 Å². The molecule has 0 bridgehead atoms. The molecule has 0 amide bonds. The molecular formula is C14H19N3O. The second-order valence-corrected chi connectivity index (χ2v) is 4.96. The van der Waals surface area contributed by atoms with Gasteiger partial charge in [-0.25, -0.2) is 4.98 Å². The Bertz CT molecular complexity index is 543. The van der Waals surface area contributed by atoms with Crippen LogP contribution in [0.3, 0.4) is 0 Å². The lowest BCUT2D eigenvalue weighted by molar-refractivity contribution is 0.0615. The van der Waals surface area contributed by atoms with Crippen molar-refractivity contribution >= 4 is 11.0 Å². The molecule has 4 nitrogen and oxygen atoms in total. The molecule has 1 aliphatic rings. The first kappa shape index (κ1) is 11.7. The van der Waals surface area contributed by atoms with E-state index in [1.807, 2.05) is 6.07 Å². The monoisotopic (exact) mass is 245 g/mol. The predicted molar refractivity (Wildman–Crippen MR) is 71.3 cm³/mol. The van der Waals surface area contributed by atoms with Crippen molar-refractivity contribution in [2.45, 2.75) is 45.0 Å². The lowest BCUT2D eigenvalue weighted by Crippen LogP contribution is -2.44. The maximum atomic E-state index is 9.27. The van der Waals surface area contributed by atoms with Crippen LogP contribution in [0.2, 0.25) is 0 Å². The van der Waals surface area contributed by atoms with Crippen LogP contribution in [-0.2, 0) is 13.1 Å². The van der Waals surface area contributed by atoms with Gasteiger partial charge in [-0.1, -0.05) is 12.1 Å². The zero-order valence-corrected chi connectivity index (χ0v) is 10.6. The Hall–Kier alpha value is -1.39. The smallest absolute Gasteiger partial charge is 0.123 e. The van der Waals surface area contributed by atoms with Crippen LogP contribution in [0.1, 0.15) is 25.6 Å². The number of aliphatic hydroxyl groups is 1. The zero-order valence-electron chi connectivity index (χ0n) is 10.6. The molecule has 0 radical (unpaired) electrons. The van der Waals surface area contributed by atoms with Gasteiger partial charge in [0.05, 0.1) is 23.7 Å². The Labute approximate surface area is 107 Å². The van der Waals surface area contributed by atoms with Crippen molar-refractivity contribution in [2.75, 3.05) is 0 Å². The van der Waals surface area contributed by atoms with E-state index in [9.17, 15) is 5.11 Å². The van der Waals surface area contributed by atoms with Crippen LogP contribution in [0.4, 0.5) is 0 Å². The summed E-state index contributed by atoms with van der Waals surface area (Å²) < 4.78 is 2.25. The highest BCUT2D eigenvalue weighted by atomic mass is 16.3. The van der Waals surface area contributed by atoms with Gasteiger partial charge >= 0.3 is 0 Å². The van der Waals surface area contributed by atoms with E-state index in [-0.39, 0.29) is 6.10 Å². The fraction of sp³-hybridized carbons (Fsp3) is 0.500. The average Bonchev–Trinajstić information content (AvgIpc) is 2.70. The number of rotatable bonds is 4. The van der Waals surface area contributed by atoms with Gasteiger partial charge in [0.25, 0.3) is 0 Å². The number of para-hydroxylation sites is 2. The number of aliphatic hydroxyl groups excluding tert-OH is 1. The number of nitrogens with one attached hydrogen (secondary N) is 1. The molecule has 4 heteroatoms. The van der Waals surface area contributed by atoms with Crippen LogP contribution in [0.15, 0.2) is 24.3 Å². The minimum atomic E-state index is -0.104. The minimum Gasteiger partial charge on any atom is -0.393 e. The van der Waals surface area contributed by atoms with Crippen molar-refractivity contribution in [3.63, 3.8) is 0 Å². The van der Waals surface area contributed by atoms with E-state index in [0.717, 1.165) is 37.3 Å². The lowest BCUT2D eigenvalue weighted by atomic mass is 9.89. The van der Waals surface area contributed by atoms with Crippen LogP contribution in [0, 0.1) is 0 Å². The highest BCUT2D eigenvalue weighted by Crippen LogP contribution is 2.21. The molecule has 1 aromatic carbocycles. The molecule has 3 rings (SSSR count). The summed E-state index contributed by atoms with van der Waals surface area (Å²) in [4.78, 5) is 4.67. The van der Waals surface area contributed by atoms with Crippen LogP contribution >= 0.6 is 0 Å². The predicted octanol–water partition coefficient (Wildman–Crippen LogP) is 1.67. The number of hydrogen-bond acceptors (Lipinski definition) is 3. The largest absolute Gasteiger partial charge is 0.393 e. The number of hydrogen-bond donors (Lipinski definition) is 2. The fourth-order valence-corrected chi connectivity index (χ4v) is 2.60. The molecule has 1 aliphatic carbocycles. The van der Waals surface area contributed by atoms with E-state index in [1.54, 1.807) is 0 Å². The van der Waals surface area contributed by atoms with Crippen LogP contribution in [0.25, 0.3) is 11.0 Å². The van der Waals surface area contributed by atoms with Gasteiger partial charge in [0.15, 0.2) is 0 Å². The average molecular weight is 245 g/mol. The van der Waals surface area contributed by atoms with E-state index >= 15 is 0 Å². The number of imidazole rings is 1. The van der Waals surface area contributed by atoms with Gasteiger partial charge in [0, 0.05) is 12.6 Å². The summed E-state index contributed by atoms with van der Waals surface area (Å²) in [5, 5.41) is 12.7. The summed E-state index contributed by atoms with van der Waals surface area (Å²) in [6, 6.07) is 8.69. The summed E-state index contributed by atoms with van der Waals surface area (Å²) in [5.74, 6) is 1.08. The van der Waals surface area contributed by atoms with Crippen molar-refractivity contribution in [3.8, 4) is 0 Å². The van der Waals surface area contributed by atoms with Gasteiger partial charge in [-0.3, -0.25) is 0 Å². The minimum absolute atomic E-state index is 0.104. The standard InChI is InChI=1S/C14H19N3O/c1-2-17-13-6-4-3-5-12(13)16-14(17)9-15-10-7-11(18)8-10/h3-6,10-11,15,18H,2,7-9H2,1H3. The summed E-state index contributed by atoms with van der Waals surface area (Å²) in [5.41, 5.74) is 2.26. The van der Waals surface area contributed by atoms with Gasteiger partial charge in [-0.05, 0) is 31.9 Å². The third kappa shape index (κ3) is 2.02. The van der Waals surface area contributed by atoms with E-state index in [2.05, 4.69) is 40.0 Å². The molecule has 0 saturated heterocycles. The first-order valence-electron chi connectivity index (χ1n) is 6.63. The third-order valence-corrected chi connectivity index (χ3v) is 3.71. The molecule has 1 fully saturated rings. The normalized spacial score (nSPS) is 23.2. The highest BCUT2D eigenvalue weighted by molar-refractivity contribution is 5.75. The van der Waals surface area contributed by atoms with E-state index < -0.39 is 0 Å². The Morgan fingerprint density at radius 1 is 1.39 bits per heavy atom. The van der Waals surface area contributed by atoms with Gasteiger partial charge in [-0.2, -0.15) is 0 Å². The molecule has 2 aromatic rings. The van der Waals surface area contributed by atoms with Crippen molar-refractivity contribution in [3.05, 3.63) is 30.1 Å². The topological polar surface area (TPSA) is 50.1 Å². The number of aromatic nitrogens is 2. The van der Waals surface area contributed by atoms with Crippen molar-refractivity contribution in [2.24, 2.45) is 0 Å². The van der Waals surface area contributed by atoms with Crippen molar-refractivity contribution < 1.29 is 5.11 Å². The summed E-state index contributed by atoms with van der Waals surface area (Å²) in [7, 11) is 0. The summed E-state index contributed by atoms with van der Waals surface area (Å²) in [6.45, 7) is 3.86. The lowest BCUT2D eigenvalue weighted by Gasteiger charge is -2.32. The number of aryl methyl sites for hydroxylation is 1. The highest BCUT2D eigenvalue weighted by Gasteiger charge is 2.26. The number of nitrogens with zero attached hydrogens (tertiary/aromatic N) is 2. The van der Waals surface area contributed by atoms with Crippen molar-refractivity contribution in [1.29, 1.82) is 0 Å². The molecule has 96 valence electrons. The first-order chi connectivity index (χ1) is 8.78. The molecule has 1 saturated carbocycles. The molecule has 2 N–H and O–H groups in total. The molecule has 0 spiro atoms. The first-order valence-corrected chi connectivity index (χ1v) is 6.63.